The van der Waals surface area contributed by atoms with E-state index in [1.807, 2.05) is 55.5 Å². The van der Waals surface area contributed by atoms with Crippen LogP contribution in [0.5, 0.6) is 17.2 Å². The Morgan fingerprint density at radius 1 is 1.00 bits per heavy atom. The minimum atomic E-state index is -0.569. The average Bonchev–Trinajstić information content (AvgIpc) is 3.15. The summed E-state index contributed by atoms with van der Waals surface area (Å²) < 4.78 is 16.8. The van der Waals surface area contributed by atoms with E-state index in [2.05, 4.69) is 0 Å². The Balaban J connectivity index is 1.51. The highest BCUT2D eigenvalue weighted by Gasteiger charge is 2.35. The van der Waals surface area contributed by atoms with Gasteiger partial charge in [-0.1, -0.05) is 42.5 Å². The summed E-state index contributed by atoms with van der Waals surface area (Å²) in [7, 11) is 1.42. The second kappa shape index (κ2) is 11.6. The van der Waals surface area contributed by atoms with E-state index in [1.54, 1.807) is 6.07 Å². The van der Waals surface area contributed by atoms with Crippen LogP contribution in [0.15, 0.2) is 71.6 Å². The first kappa shape index (κ1) is 25.8. The number of rotatable bonds is 10. The average molecular weight is 521 g/mol. The fourth-order valence-corrected chi connectivity index (χ4v) is 4.50. The number of nitrogens with zero attached hydrogens (tertiary/aromatic N) is 2. The van der Waals surface area contributed by atoms with Crippen LogP contribution in [0.1, 0.15) is 16.7 Å². The molecule has 190 valence electrons. The highest BCUT2D eigenvalue weighted by molar-refractivity contribution is 8.18. The van der Waals surface area contributed by atoms with Gasteiger partial charge in [0.25, 0.3) is 16.8 Å². The Morgan fingerprint density at radius 3 is 2.49 bits per heavy atom. The van der Waals surface area contributed by atoms with Gasteiger partial charge < -0.3 is 14.2 Å². The summed E-state index contributed by atoms with van der Waals surface area (Å²) in [6.45, 7) is 2.30. The number of aryl methyl sites for hydroxylation is 1. The van der Waals surface area contributed by atoms with Gasteiger partial charge in [-0.25, -0.2) is 0 Å². The van der Waals surface area contributed by atoms with Gasteiger partial charge in [0.1, 0.15) is 19.0 Å². The van der Waals surface area contributed by atoms with Crippen molar-refractivity contribution in [3.05, 3.63) is 98.4 Å². The van der Waals surface area contributed by atoms with E-state index >= 15 is 0 Å². The molecule has 4 rings (SSSR count). The monoisotopic (exact) mass is 520 g/mol. The van der Waals surface area contributed by atoms with Crippen molar-refractivity contribution in [3.63, 3.8) is 0 Å². The predicted molar refractivity (Wildman–Crippen MR) is 140 cm³/mol. The molecule has 2 amide bonds. The number of benzene rings is 3. The van der Waals surface area contributed by atoms with E-state index < -0.39 is 16.1 Å². The third kappa shape index (κ3) is 6.28. The highest BCUT2D eigenvalue weighted by Crippen LogP contribution is 2.39. The molecule has 1 saturated heterocycles. The summed E-state index contributed by atoms with van der Waals surface area (Å²) in [5.74, 6) is 0.551. The quantitative estimate of drug-likeness (QED) is 0.193. The minimum Gasteiger partial charge on any atom is -0.493 e. The molecule has 0 aliphatic carbocycles. The third-order valence-electron chi connectivity index (χ3n) is 5.48. The van der Waals surface area contributed by atoms with Crippen LogP contribution in [-0.2, 0) is 11.4 Å². The van der Waals surface area contributed by atoms with Crippen LogP contribution in [-0.4, -0.2) is 41.2 Å². The number of imide groups is 1. The number of thioether (sulfide) groups is 1. The number of nitro benzene ring substituents is 1. The van der Waals surface area contributed by atoms with Crippen LogP contribution in [0, 0.1) is 17.0 Å². The number of carbonyl (C=O) groups is 2. The SMILES string of the molecule is COc1cc(/C=C2\SC(=O)N(CCOc3cccc(C)c3)C2=O)c([N+](=O)[O-])cc1OCc1ccccc1. The summed E-state index contributed by atoms with van der Waals surface area (Å²) in [5, 5.41) is 11.4. The van der Waals surface area contributed by atoms with Gasteiger partial charge in [0.15, 0.2) is 11.5 Å². The van der Waals surface area contributed by atoms with E-state index in [0.29, 0.717) is 5.75 Å². The van der Waals surface area contributed by atoms with Crippen LogP contribution in [0.3, 0.4) is 0 Å². The van der Waals surface area contributed by atoms with Gasteiger partial charge in [-0.05, 0) is 54.1 Å². The molecule has 0 spiro atoms. The zero-order valence-electron chi connectivity index (χ0n) is 20.2. The van der Waals surface area contributed by atoms with Gasteiger partial charge in [0.2, 0.25) is 0 Å². The Hall–Kier alpha value is -4.31. The summed E-state index contributed by atoms with van der Waals surface area (Å²) in [6, 6.07) is 19.5. The topological polar surface area (TPSA) is 108 Å². The normalized spacial score (nSPS) is 14.2. The van der Waals surface area contributed by atoms with E-state index in [9.17, 15) is 19.7 Å². The zero-order chi connectivity index (χ0) is 26.4. The van der Waals surface area contributed by atoms with Gasteiger partial charge in [-0.15, -0.1) is 0 Å². The molecule has 1 aliphatic heterocycles. The lowest BCUT2D eigenvalue weighted by Crippen LogP contribution is -2.32. The highest BCUT2D eigenvalue weighted by atomic mass is 32.2. The number of carbonyl (C=O) groups excluding carboxylic acids is 2. The van der Waals surface area contributed by atoms with Crippen LogP contribution >= 0.6 is 11.8 Å². The molecule has 0 N–H and O–H groups in total. The van der Waals surface area contributed by atoms with Gasteiger partial charge >= 0.3 is 0 Å². The van der Waals surface area contributed by atoms with Crippen LogP contribution in [0.2, 0.25) is 0 Å². The van der Waals surface area contributed by atoms with Crippen LogP contribution in [0.25, 0.3) is 6.08 Å². The van der Waals surface area contributed by atoms with Crippen LogP contribution in [0.4, 0.5) is 10.5 Å². The summed E-state index contributed by atoms with van der Waals surface area (Å²) >= 11 is 0.719. The molecule has 3 aromatic carbocycles. The molecule has 0 unspecified atom stereocenters. The second-order valence-electron chi connectivity index (χ2n) is 8.09. The van der Waals surface area contributed by atoms with Crippen molar-refractivity contribution in [3.8, 4) is 17.2 Å². The number of methoxy groups -OCH3 is 1. The summed E-state index contributed by atoms with van der Waals surface area (Å²) in [4.78, 5) is 37.8. The lowest BCUT2D eigenvalue weighted by atomic mass is 10.1. The first-order valence-corrected chi connectivity index (χ1v) is 12.2. The molecule has 0 saturated carbocycles. The fraction of sp³-hybridized carbons (Fsp3) is 0.185. The van der Waals surface area contributed by atoms with Crippen LogP contribution < -0.4 is 14.2 Å². The van der Waals surface area contributed by atoms with Gasteiger partial charge in [-0.3, -0.25) is 24.6 Å². The predicted octanol–water partition coefficient (Wildman–Crippen LogP) is 5.61. The smallest absolute Gasteiger partial charge is 0.293 e. The number of hydrogen-bond donors (Lipinski definition) is 0. The molecule has 3 aromatic rings. The Labute approximate surface area is 217 Å². The van der Waals surface area contributed by atoms with Gasteiger partial charge in [0, 0.05) is 0 Å². The maximum absolute atomic E-state index is 12.9. The second-order valence-corrected chi connectivity index (χ2v) is 9.08. The number of hydrogen-bond acceptors (Lipinski definition) is 8. The fourth-order valence-electron chi connectivity index (χ4n) is 3.64. The lowest BCUT2D eigenvalue weighted by Gasteiger charge is -2.13. The first-order valence-electron chi connectivity index (χ1n) is 11.3. The molecular formula is C27H24N2O7S. The van der Waals surface area contributed by atoms with Crippen molar-refractivity contribution in [2.45, 2.75) is 13.5 Å². The molecule has 37 heavy (non-hydrogen) atoms. The molecule has 9 nitrogen and oxygen atoms in total. The van der Waals surface area contributed by atoms with E-state index in [1.165, 1.54) is 25.3 Å². The van der Waals surface area contributed by atoms with Crippen molar-refractivity contribution in [1.82, 2.24) is 4.90 Å². The summed E-state index contributed by atoms with van der Waals surface area (Å²) in [5.41, 5.74) is 1.75. The van der Waals surface area contributed by atoms with Crippen molar-refractivity contribution < 1.29 is 28.7 Å². The van der Waals surface area contributed by atoms with E-state index in [0.717, 1.165) is 27.8 Å². The molecule has 10 heteroatoms. The largest absolute Gasteiger partial charge is 0.493 e. The molecule has 1 fully saturated rings. The molecule has 0 bridgehead atoms. The number of ether oxygens (including phenoxy) is 3. The Bertz CT molecular complexity index is 1360. The lowest BCUT2D eigenvalue weighted by molar-refractivity contribution is -0.385. The van der Waals surface area contributed by atoms with E-state index in [4.69, 9.17) is 14.2 Å². The standard InChI is InChI=1S/C27H24N2O7S/c1-18-7-6-10-21(13-18)35-12-11-28-26(30)25(37-27(28)31)15-20-14-23(34-2)24(16-22(20)29(32)33)36-17-19-8-4-3-5-9-19/h3-10,13-16H,11-12,17H2,1-2H3/b25-15-. The third-order valence-corrected chi connectivity index (χ3v) is 6.39. The molecule has 0 aromatic heterocycles. The molecule has 0 atom stereocenters. The molecule has 1 aliphatic rings. The molecule has 0 radical (unpaired) electrons. The minimum absolute atomic E-state index is 0.0492. The van der Waals surface area contributed by atoms with E-state index in [-0.39, 0.29) is 47.4 Å². The maximum atomic E-state index is 12.9. The van der Waals surface area contributed by atoms with Gasteiger partial charge in [-0.2, -0.15) is 0 Å². The summed E-state index contributed by atoms with van der Waals surface area (Å²) in [6.07, 6.45) is 1.33. The maximum Gasteiger partial charge on any atom is 0.293 e. The first-order chi connectivity index (χ1) is 17.9. The number of amides is 2. The molecule has 1 heterocycles. The van der Waals surface area contributed by atoms with Crippen molar-refractivity contribution >= 4 is 34.7 Å². The Morgan fingerprint density at radius 2 is 1.78 bits per heavy atom. The van der Waals surface area contributed by atoms with Crippen molar-refractivity contribution in [1.29, 1.82) is 0 Å². The van der Waals surface area contributed by atoms with Crippen molar-refractivity contribution in [2.75, 3.05) is 20.3 Å². The molecular weight excluding hydrogens is 496 g/mol. The van der Waals surface area contributed by atoms with Gasteiger partial charge in [0.05, 0.1) is 35.1 Å². The Kier molecular flexibility index (Phi) is 8.09. The zero-order valence-corrected chi connectivity index (χ0v) is 21.0. The number of nitro groups is 1. The van der Waals surface area contributed by atoms with Crippen molar-refractivity contribution in [2.24, 2.45) is 0 Å².